The summed E-state index contributed by atoms with van der Waals surface area (Å²) >= 11 is 5.91. The molecule has 3 rings (SSSR count). The summed E-state index contributed by atoms with van der Waals surface area (Å²) in [5.74, 6) is -0.191. The molecule has 8 nitrogen and oxygen atoms in total. The highest BCUT2D eigenvalue weighted by atomic mass is 35.5. The third-order valence-electron chi connectivity index (χ3n) is 4.93. The van der Waals surface area contributed by atoms with Crippen LogP contribution in [-0.4, -0.2) is 68.5 Å². The Labute approximate surface area is 164 Å². The Kier molecular flexibility index (Phi) is 6.05. The molecule has 0 aliphatic carbocycles. The quantitative estimate of drug-likeness (QED) is 0.635. The normalized spacial score (nSPS) is 22.3. The first-order valence-electron chi connectivity index (χ1n) is 9.04. The summed E-state index contributed by atoms with van der Waals surface area (Å²) in [5.41, 5.74) is 0. The van der Waals surface area contributed by atoms with Gasteiger partial charge in [-0.2, -0.15) is 4.31 Å². The Hall–Kier alpha value is -1.68. The minimum absolute atomic E-state index is 0.176. The molecule has 0 radical (unpaired) electrons. The number of carbonyl (C=O) groups is 2. The van der Waals surface area contributed by atoms with Gasteiger partial charge in [-0.05, 0) is 24.6 Å². The molecule has 0 aromatic heterocycles. The standard InChI is InChI=1S/C17H23ClN4O4S/c1-2-4-15-16(23)22(17(24)19-15)12-20-7-9-21(10-8-20)27(25,26)14-6-3-5-13(18)11-14/h3,5-6,11,15H,2,4,7-10,12H2,1H3,(H,19,24)/p+1/t15-/m0/s1. The van der Waals surface area contributed by atoms with Crippen LogP contribution in [0.4, 0.5) is 4.79 Å². The van der Waals surface area contributed by atoms with Crippen molar-refractivity contribution in [3.05, 3.63) is 29.3 Å². The Morgan fingerprint density at radius 2 is 1.96 bits per heavy atom. The molecule has 10 heteroatoms. The van der Waals surface area contributed by atoms with Crippen LogP contribution in [0.1, 0.15) is 19.8 Å². The van der Waals surface area contributed by atoms with Gasteiger partial charge in [-0.3, -0.25) is 4.79 Å². The average Bonchev–Trinajstić information content (AvgIpc) is 2.90. The van der Waals surface area contributed by atoms with Gasteiger partial charge < -0.3 is 10.2 Å². The summed E-state index contributed by atoms with van der Waals surface area (Å²) in [6, 6.07) is 5.41. The smallest absolute Gasteiger partial charge is 0.326 e. The van der Waals surface area contributed by atoms with Gasteiger partial charge in [0.05, 0.1) is 31.1 Å². The predicted octanol–water partition coefficient (Wildman–Crippen LogP) is -0.0928. The lowest BCUT2D eigenvalue weighted by molar-refractivity contribution is -0.910. The summed E-state index contributed by atoms with van der Waals surface area (Å²) in [5, 5.41) is 3.08. The van der Waals surface area contributed by atoms with Gasteiger partial charge in [0.2, 0.25) is 10.0 Å². The van der Waals surface area contributed by atoms with E-state index in [0.717, 1.165) is 11.3 Å². The molecule has 27 heavy (non-hydrogen) atoms. The van der Waals surface area contributed by atoms with Gasteiger partial charge in [0, 0.05) is 5.02 Å². The maximum absolute atomic E-state index is 12.7. The largest absolute Gasteiger partial charge is 0.329 e. The molecule has 2 aliphatic heterocycles. The van der Waals surface area contributed by atoms with Gasteiger partial charge >= 0.3 is 6.03 Å². The van der Waals surface area contributed by atoms with Gasteiger partial charge in [0.1, 0.15) is 6.04 Å². The van der Waals surface area contributed by atoms with Crippen molar-refractivity contribution in [1.82, 2.24) is 14.5 Å². The Morgan fingerprint density at radius 3 is 2.59 bits per heavy atom. The molecular formula is C17H24ClN4O4S+. The van der Waals surface area contributed by atoms with E-state index in [1.807, 2.05) is 6.92 Å². The molecule has 0 bridgehead atoms. The van der Waals surface area contributed by atoms with Crippen LogP contribution in [0, 0.1) is 0 Å². The van der Waals surface area contributed by atoms with Crippen LogP contribution in [0.15, 0.2) is 29.2 Å². The number of hydrogen-bond acceptors (Lipinski definition) is 4. The number of hydrogen-bond donors (Lipinski definition) is 2. The molecule has 2 heterocycles. The van der Waals surface area contributed by atoms with Crippen molar-refractivity contribution in [2.75, 3.05) is 32.8 Å². The van der Waals surface area contributed by atoms with Crippen molar-refractivity contribution >= 4 is 33.6 Å². The first-order valence-corrected chi connectivity index (χ1v) is 10.9. The number of quaternary nitrogens is 1. The van der Waals surface area contributed by atoms with Crippen LogP contribution in [0.3, 0.4) is 0 Å². The van der Waals surface area contributed by atoms with Gasteiger partial charge in [0.15, 0.2) is 6.67 Å². The fraction of sp³-hybridized carbons (Fsp3) is 0.529. The highest BCUT2D eigenvalue weighted by Gasteiger charge is 2.40. The van der Waals surface area contributed by atoms with E-state index in [2.05, 4.69) is 5.32 Å². The molecule has 3 amide bonds. The third kappa shape index (κ3) is 4.26. The topological polar surface area (TPSA) is 91.2 Å². The molecule has 1 atom stereocenters. The zero-order valence-electron chi connectivity index (χ0n) is 15.2. The van der Waals surface area contributed by atoms with E-state index in [0.29, 0.717) is 37.6 Å². The van der Waals surface area contributed by atoms with Crippen molar-refractivity contribution in [2.45, 2.75) is 30.7 Å². The Morgan fingerprint density at radius 1 is 1.26 bits per heavy atom. The number of imide groups is 1. The molecular weight excluding hydrogens is 392 g/mol. The van der Waals surface area contributed by atoms with Crippen molar-refractivity contribution in [3.63, 3.8) is 0 Å². The third-order valence-corrected chi connectivity index (χ3v) is 7.06. The molecule has 1 aromatic carbocycles. The first kappa shape index (κ1) is 20.1. The van der Waals surface area contributed by atoms with Crippen LogP contribution < -0.4 is 10.2 Å². The number of urea groups is 1. The van der Waals surface area contributed by atoms with E-state index < -0.39 is 16.1 Å². The summed E-state index contributed by atoms with van der Waals surface area (Å²) in [6.07, 6.45) is 1.44. The van der Waals surface area contributed by atoms with Gasteiger partial charge in [-0.25, -0.2) is 18.1 Å². The van der Waals surface area contributed by atoms with Crippen LogP contribution in [0.5, 0.6) is 0 Å². The van der Waals surface area contributed by atoms with Crippen LogP contribution in [-0.2, 0) is 14.8 Å². The van der Waals surface area contributed by atoms with Gasteiger partial charge in [-0.1, -0.05) is 31.0 Å². The highest BCUT2D eigenvalue weighted by Crippen LogP contribution is 2.19. The lowest BCUT2D eigenvalue weighted by Crippen LogP contribution is -3.16. The predicted molar refractivity (Wildman–Crippen MR) is 99.8 cm³/mol. The first-order chi connectivity index (χ1) is 12.8. The summed E-state index contributed by atoms with van der Waals surface area (Å²) < 4.78 is 26.9. The number of rotatable bonds is 6. The van der Waals surface area contributed by atoms with Gasteiger partial charge in [0.25, 0.3) is 5.91 Å². The SMILES string of the molecule is CCC[C@@H]1NC(=O)N(C[NH+]2CCN(S(=O)(=O)c3cccc(Cl)c3)CC2)C1=O. The van der Waals surface area contributed by atoms with E-state index in [1.165, 1.54) is 21.3 Å². The average molecular weight is 416 g/mol. The zero-order valence-corrected chi connectivity index (χ0v) is 16.7. The van der Waals surface area contributed by atoms with Crippen LogP contribution in [0.25, 0.3) is 0 Å². The molecule has 1 aromatic rings. The number of carbonyl (C=O) groups excluding carboxylic acids is 2. The second-order valence-electron chi connectivity index (χ2n) is 6.83. The molecule has 0 spiro atoms. The zero-order chi connectivity index (χ0) is 19.6. The van der Waals surface area contributed by atoms with E-state index >= 15 is 0 Å². The van der Waals surface area contributed by atoms with E-state index in [-0.39, 0.29) is 23.5 Å². The molecule has 2 fully saturated rings. The van der Waals surface area contributed by atoms with Crippen LogP contribution >= 0.6 is 11.6 Å². The fourth-order valence-electron chi connectivity index (χ4n) is 3.41. The molecule has 0 saturated carbocycles. The number of benzene rings is 1. The number of nitrogens with zero attached hydrogens (tertiary/aromatic N) is 2. The van der Waals surface area contributed by atoms with Crippen molar-refractivity contribution < 1.29 is 22.9 Å². The number of halogens is 1. The lowest BCUT2D eigenvalue weighted by atomic mass is 10.2. The summed E-state index contributed by atoms with van der Waals surface area (Å²) in [7, 11) is -3.60. The Bertz CT molecular complexity index is 824. The number of piperazine rings is 1. The number of sulfonamides is 1. The van der Waals surface area contributed by atoms with Gasteiger partial charge in [-0.15, -0.1) is 0 Å². The van der Waals surface area contributed by atoms with E-state index in [9.17, 15) is 18.0 Å². The molecule has 2 aliphatic rings. The second-order valence-corrected chi connectivity index (χ2v) is 9.20. The summed E-state index contributed by atoms with van der Waals surface area (Å²) in [6.45, 7) is 3.92. The minimum atomic E-state index is -3.60. The lowest BCUT2D eigenvalue weighted by Gasteiger charge is -2.32. The maximum atomic E-state index is 12.7. The molecule has 0 unspecified atom stereocenters. The van der Waals surface area contributed by atoms with Crippen molar-refractivity contribution in [3.8, 4) is 0 Å². The van der Waals surface area contributed by atoms with E-state index in [4.69, 9.17) is 11.6 Å². The molecule has 2 saturated heterocycles. The number of nitrogens with one attached hydrogen (secondary N) is 2. The monoisotopic (exact) mass is 415 g/mol. The van der Waals surface area contributed by atoms with Crippen molar-refractivity contribution in [1.29, 1.82) is 0 Å². The molecule has 2 N–H and O–H groups in total. The molecule has 148 valence electrons. The van der Waals surface area contributed by atoms with Crippen LogP contribution in [0.2, 0.25) is 5.02 Å². The number of amides is 3. The Balaban J connectivity index is 1.59. The highest BCUT2D eigenvalue weighted by molar-refractivity contribution is 7.89. The fourth-order valence-corrected chi connectivity index (χ4v) is 5.15. The van der Waals surface area contributed by atoms with E-state index in [1.54, 1.807) is 12.1 Å². The summed E-state index contributed by atoms with van der Waals surface area (Å²) in [4.78, 5) is 26.8. The second kappa shape index (κ2) is 8.14. The minimum Gasteiger partial charge on any atom is -0.326 e. The van der Waals surface area contributed by atoms with Crippen molar-refractivity contribution in [2.24, 2.45) is 0 Å². The maximum Gasteiger partial charge on any atom is 0.329 e.